The highest BCUT2D eigenvalue weighted by Crippen LogP contribution is 2.34. The van der Waals surface area contributed by atoms with Crippen LogP contribution < -0.4 is 11.1 Å². The van der Waals surface area contributed by atoms with Gasteiger partial charge in [0, 0.05) is 10.0 Å². The van der Waals surface area contributed by atoms with Crippen LogP contribution in [0.5, 0.6) is 0 Å². The summed E-state index contributed by atoms with van der Waals surface area (Å²) in [4.78, 5) is 12.0. The van der Waals surface area contributed by atoms with E-state index in [0.29, 0.717) is 4.47 Å². The second-order valence-corrected chi connectivity index (χ2v) is 4.72. The standard InChI is InChI=1S/C14H12BrF3N2O/c1-2-3-9(6-7-19)13(21)20-12-8-10(14(16,17)18)4-5-11(12)15/h2-8H,1,19H2,(H,20,21)/b7-6-,9-3+. The molecule has 1 amide bonds. The highest BCUT2D eigenvalue weighted by Gasteiger charge is 2.31. The van der Waals surface area contributed by atoms with Gasteiger partial charge in [0.1, 0.15) is 0 Å². The van der Waals surface area contributed by atoms with Crippen molar-refractivity contribution in [2.75, 3.05) is 5.32 Å². The third-order valence-corrected chi connectivity index (χ3v) is 3.07. The average molecular weight is 361 g/mol. The third kappa shape index (κ3) is 4.78. The smallest absolute Gasteiger partial charge is 0.405 e. The summed E-state index contributed by atoms with van der Waals surface area (Å²) in [7, 11) is 0. The van der Waals surface area contributed by atoms with Crippen LogP contribution in [0.15, 0.2) is 59.3 Å². The summed E-state index contributed by atoms with van der Waals surface area (Å²) in [6.07, 6.45) is 0.738. The molecule has 0 aliphatic rings. The molecule has 0 aliphatic heterocycles. The number of hydrogen-bond acceptors (Lipinski definition) is 2. The van der Waals surface area contributed by atoms with E-state index in [4.69, 9.17) is 5.73 Å². The fourth-order valence-electron chi connectivity index (χ4n) is 1.43. The summed E-state index contributed by atoms with van der Waals surface area (Å²) in [5.74, 6) is -0.600. The molecule has 0 spiro atoms. The molecule has 112 valence electrons. The highest BCUT2D eigenvalue weighted by atomic mass is 79.9. The van der Waals surface area contributed by atoms with Crippen molar-refractivity contribution in [2.45, 2.75) is 6.18 Å². The zero-order valence-corrected chi connectivity index (χ0v) is 12.3. The molecule has 0 bridgehead atoms. The van der Waals surface area contributed by atoms with Gasteiger partial charge in [-0.2, -0.15) is 13.2 Å². The molecule has 1 rings (SSSR count). The lowest BCUT2D eigenvalue weighted by Crippen LogP contribution is -2.15. The Labute approximate surface area is 128 Å². The monoisotopic (exact) mass is 360 g/mol. The van der Waals surface area contributed by atoms with E-state index in [1.165, 1.54) is 24.3 Å². The molecule has 3 nitrogen and oxygen atoms in total. The van der Waals surface area contributed by atoms with Gasteiger partial charge < -0.3 is 11.1 Å². The van der Waals surface area contributed by atoms with Crippen LogP contribution in [0, 0.1) is 0 Å². The summed E-state index contributed by atoms with van der Waals surface area (Å²) in [6, 6.07) is 2.98. The number of benzene rings is 1. The molecule has 0 atom stereocenters. The quantitative estimate of drug-likeness (QED) is 0.629. The van der Waals surface area contributed by atoms with Gasteiger partial charge >= 0.3 is 6.18 Å². The highest BCUT2D eigenvalue weighted by molar-refractivity contribution is 9.10. The number of rotatable bonds is 4. The summed E-state index contributed by atoms with van der Waals surface area (Å²) in [5, 5.41) is 2.38. The van der Waals surface area contributed by atoms with Gasteiger partial charge in [-0.15, -0.1) is 0 Å². The van der Waals surface area contributed by atoms with Crippen molar-refractivity contribution < 1.29 is 18.0 Å². The molecule has 0 aromatic heterocycles. The molecular formula is C14H12BrF3N2O. The number of allylic oxidation sites excluding steroid dienone is 2. The molecule has 3 N–H and O–H groups in total. The predicted molar refractivity (Wildman–Crippen MR) is 79.4 cm³/mol. The number of amides is 1. The summed E-state index contributed by atoms with van der Waals surface area (Å²) < 4.78 is 38.3. The maximum atomic E-state index is 12.7. The molecular weight excluding hydrogens is 349 g/mol. The lowest BCUT2D eigenvalue weighted by molar-refractivity contribution is -0.137. The number of carbonyl (C=O) groups is 1. The molecule has 1 aromatic carbocycles. The summed E-state index contributed by atoms with van der Waals surface area (Å²) >= 11 is 3.09. The van der Waals surface area contributed by atoms with E-state index < -0.39 is 17.6 Å². The number of nitrogens with one attached hydrogen (secondary N) is 1. The van der Waals surface area contributed by atoms with E-state index in [9.17, 15) is 18.0 Å². The average Bonchev–Trinajstić information content (AvgIpc) is 2.39. The lowest BCUT2D eigenvalue weighted by atomic mass is 10.1. The van der Waals surface area contributed by atoms with Gasteiger partial charge in [0.25, 0.3) is 5.91 Å². The second kappa shape index (κ2) is 7.12. The number of anilines is 1. The molecule has 7 heteroatoms. The van der Waals surface area contributed by atoms with Gasteiger partial charge in [0.05, 0.1) is 11.3 Å². The van der Waals surface area contributed by atoms with Crippen LogP contribution in [-0.2, 0) is 11.0 Å². The van der Waals surface area contributed by atoms with Crippen LogP contribution in [0.2, 0.25) is 0 Å². The number of alkyl halides is 3. The topological polar surface area (TPSA) is 55.1 Å². The van der Waals surface area contributed by atoms with Crippen molar-refractivity contribution >= 4 is 27.5 Å². The predicted octanol–water partition coefficient (Wildman–Crippen LogP) is 3.99. The number of hydrogen-bond donors (Lipinski definition) is 2. The third-order valence-electron chi connectivity index (χ3n) is 2.38. The van der Waals surface area contributed by atoms with E-state index in [2.05, 4.69) is 27.8 Å². The normalized spacial score (nSPS) is 12.5. The summed E-state index contributed by atoms with van der Waals surface area (Å²) in [6.45, 7) is 3.45. The molecule has 0 saturated heterocycles. The van der Waals surface area contributed by atoms with Crippen LogP contribution in [0.25, 0.3) is 0 Å². The first-order valence-corrected chi connectivity index (χ1v) is 6.48. The SMILES string of the molecule is C=C/C=C(\C=C/N)C(=O)Nc1cc(C(F)(F)F)ccc1Br. The van der Waals surface area contributed by atoms with Crippen molar-refractivity contribution in [1.82, 2.24) is 0 Å². The van der Waals surface area contributed by atoms with Crippen LogP contribution in [0.4, 0.5) is 18.9 Å². The molecule has 1 aromatic rings. The van der Waals surface area contributed by atoms with Crippen molar-refractivity contribution in [1.29, 1.82) is 0 Å². The first kappa shape index (κ1) is 17.0. The van der Waals surface area contributed by atoms with Crippen LogP contribution in [0.1, 0.15) is 5.56 Å². The van der Waals surface area contributed by atoms with E-state index in [1.807, 2.05) is 0 Å². The Morgan fingerprint density at radius 2 is 2.05 bits per heavy atom. The minimum absolute atomic E-state index is 0.00945. The number of halogens is 4. The number of carbonyl (C=O) groups excluding carboxylic acids is 1. The lowest BCUT2D eigenvalue weighted by Gasteiger charge is -2.12. The zero-order chi connectivity index (χ0) is 16.0. The fourth-order valence-corrected chi connectivity index (χ4v) is 1.78. The Hall–Kier alpha value is -2.02. The Morgan fingerprint density at radius 1 is 1.38 bits per heavy atom. The Morgan fingerprint density at radius 3 is 2.57 bits per heavy atom. The van der Waals surface area contributed by atoms with Crippen molar-refractivity contribution in [2.24, 2.45) is 5.73 Å². The van der Waals surface area contributed by atoms with Crippen molar-refractivity contribution in [3.8, 4) is 0 Å². The molecule has 0 unspecified atom stereocenters. The van der Waals surface area contributed by atoms with E-state index in [1.54, 1.807) is 0 Å². The van der Waals surface area contributed by atoms with Crippen LogP contribution >= 0.6 is 15.9 Å². The molecule has 0 radical (unpaired) electrons. The molecule has 21 heavy (non-hydrogen) atoms. The summed E-state index contributed by atoms with van der Waals surface area (Å²) in [5.41, 5.74) is 4.52. The molecule has 0 aliphatic carbocycles. The van der Waals surface area contributed by atoms with Gasteiger partial charge in [-0.05, 0) is 52.5 Å². The molecule has 0 fully saturated rings. The van der Waals surface area contributed by atoms with E-state index >= 15 is 0 Å². The van der Waals surface area contributed by atoms with E-state index in [-0.39, 0.29) is 11.3 Å². The second-order valence-electron chi connectivity index (χ2n) is 3.86. The Bertz CT molecular complexity index is 607. The van der Waals surface area contributed by atoms with Crippen LogP contribution in [0.3, 0.4) is 0 Å². The fraction of sp³-hybridized carbons (Fsp3) is 0.0714. The Balaban J connectivity index is 3.10. The Kier molecular flexibility index (Phi) is 5.78. The van der Waals surface area contributed by atoms with Gasteiger partial charge in [-0.1, -0.05) is 12.7 Å². The first-order valence-electron chi connectivity index (χ1n) is 5.68. The van der Waals surface area contributed by atoms with Crippen LogP contribution in [-0.4, -0.2) is 5.91 Å². The van der Waals surface area contributed by atoms with Gasteiger partial charge in [-0.25, -0.2) is 0 Å². The largest absolute Gasteiger partial charge is 0.416 e. The van der Waals surface area contributed by atoms with E-state index in [0.717, 1.165) is 18.3 Å². The maximum Gasteiger partial charge on any atom is 0.416 e. The molecule has 0 heterocycles. The maximum absolute atomic E-state index is 12.7. The minimum Gasteiger partial charge on any atom is -0.405 e. The molecule has 0 saturated carbocycles. The van der Waals surface area contributed by atoms with Gasteiger partial charge in [0.15, 0.2) is 0 Å². The zero-order valence-electron chi connectivity index (χ0n) is 10.7. The van der Waals surface area contributed by atoms with Crippen molar-refractivity contribution in [3.63, 3.8) is 0 Å². The minimum atomic E-state index is -4.49. The number of nitrogens with two attached hydrogens (primary N) is 1. The van der Waals surface area contributed by atoms with Gasteiger partial charge in [0.2, 0.25) is 0 Å². The van der Waals surface area contributed by atoms with Crippen molar-refractivity contribution in [3.05, 3.63) is 64.8 Å². The first-order chi connectivity index (χ1) is 9.79. The van der Waals surface area contributed by atoms with Gasteiger partial charge in [-0.3, -0.25) is 4.79 Å².